The van der Waals surface area contributed by atoms with Crippen LogP contribution in [-0.2, 0) is 0 Å². The Bertz CT molecular complexity index is 593. The molecule has 1 fully saturated rings. The number of hydrogen-bond donors (Lipinski definition) is 2. The summed E-state index contributed by atoms with van der Waals surface area (Å²) in [4.78, 5) is 7.02. The van der Waals surface area contributed by atoms with Crippen molar-refractivity contribution in [1.82, 2.24) is 14.6 Å². The van der Waals surface area contributed by atoms with Gasteiger partial charge in [-0.1, -0.05) is 23.7 Å². The molecule has 2 aromatic rings. The summed E-state index contributed by atoms with van der Waals surface area (Å²) in [5, 5.41) is 0.988. The van der Waals surface area contributed by atoms with E-state index in [-0.39, 0.29) is 0 Å². The SMILES string of the molecule is CN1CCC(NSCSc2nc3ccc(N)cc3s2)CC1. The summed E-state index contributed by atoms with van der Waals surface area (Å²) in [6.45, 7) is 2.40. The lowest BCUT2D eigenvalue weighted by Crippen LogP contribution is -2.38. The monoisotopic (exact) mass is 340 g/mol. The van der Waals surface area contributed by atoms with E-state index in [9.17, 15) is 0 Å². The molecule has 4 nitrogen and oxygen atoms in total. The van der Waals surface area contributed by atoms with Crippen LogP contribution in [0.15, 0.2) is 22.5 Å². The van der Waals surface area contributed by atoms with E-state index in [4.69, 9.17) is 5.73 Å². The van der Waals surface area contributed by atoms with Crippen molar-refractivity contribution in [2.45, 2.75) is 23.2 Å². The minimum atomic E-state index is 0.655. The van der Waals surface area contributed by atoms with E-state index < -0.39 is 0 Å². The van der Waals surface area contributed by atoms with Gasteiger partial charge < -0.3 is 10.6 Å². The average Bonchev–Trinajstić information content (AvgIpc) is 2.87. The fraction of sp³-hybridized carbons (Fsp3) is 0.500. The van der Waals surface area contributed by atoms with Crippen molar-refractivity contribution >= 4 is 51.0 Å². The topological polar surface area (TPSA) is 54.2 Å². The molecule has 1 saturated heterocycles. The first-order valence-electron chi connectivity index (χ1n) is 7.05. The Hall–Kier alpha value is -0.470. The number of nitrogens with two attached hydrogens (primary N) is 1. The van der Waals surface area contributed by atoms with Gasteiger partial charge in [-0.05, 0) is 51.2 Å². The van der Waals surface area contributed by atoms with Crippen molar-refractivity contribution in [3.63, 3.8) is 0 Å². The summed E-state index contributed by atoms with van der Waals surface area (Å²) in [5.74, 6) is 0. The molecule has 0 spiro atoms. The number of thioether (sulfide) groups is 1. The van der Waals surface area contributed by atoms with Crippen LogP contribution in [0.3, 0.4) is 0 Å². The molecule has 21 heavy (non-hydrogen) atoms. The van der Waals surface area contributed by atoms with E-state index in [0.29, 0.717) is 6.04 Å². The fourth-order valence-electron chi connectivity index (χ4n) is 2.34. The molecule has 1 aromatic heterocycles. The highest BCUT2D eigenvalue weighted by molar-refractivity contribution is 8.15. The fourth-order valence-corrected chi connectivity index (χ4v) is 5.57. The number of thiazole rings is 1. The number of fused-ring (bicyclic) bond motifs is 1. The number of nitrogens with zero attached hydrogens (tertiary/aromatic N) is 2. The molecule has 0 radical (unpaired) electrons. The van der Waals surface area contributed by atoms with Crippen LogP contribution in [0.1, 0.15) is 12.8 Å². The maximum absolute atomic E-state index is 5.80. The van der Waals surface area contributed by atoms with Crippen molar-refractivity contribution < 1.29 is 0 Å². The van der Waals surface area contributed by atoms with Gasteiger partial charge in [0.2, 0.25) is 0 Å². The number of nitrogens with one attached hydrogen (secondary N) is 1. The second-order valence-corrected chi connectivity index (χ2v) is 8.74. The van der Waals surface area contributed by atoms with E-state index in [0.717, 1.165) is 20.6 Å². The van der Waals surface area contributed by atoms with E-state index in [1.807, 2.05) is 18.2 Å². The third-order valence-electron chi connectivity index (χ3n) is 3.60. The molecule has 0 bridgehead atoms. The molecule has 1 aromatic carbocycles. The van der Waals surface area contributed by atoms with E-state index in [1.54, 1.807) is 35.0 Å². The first kappa shape index (κ1) is 15.4. The van der Waals surface area contributed by atoms with Crippen LogP contribution >= 0.6 is 35.0 Å². The van der Waals surface area contributed by atoms with Gasteiger partial charge >= 0.3 is 0 Å². The molecule has 3 rings (SSSR count). The van der Waals surface area contributed by atoms with Gasteiger partial charge in [-0.3, -0.25) is 4.72 Å². The maximum atomic E-state index is 5.80. The van der Waals surface area contributed by atoms with Gasteiger partial charge in [-0.25, -0.2) is 4.98 Å². The zero-order valence-electron chi connectivity index (χ0n) is 12.0. The number of anilines is 1. The molecule has 0 amide bonds. The second kappa shape index (κ2) is 7.19. The van der Waals surface area contributed by atoms with Crippen molar-refractivity contribution in [3.05, 3.63) is 18.2 Å². The Morgan fingerprint density at radius 1 is 1.43 bits per heavy atom. The molecule has 114 valence electrons. The maximum Gasteiger partial charge on any atom is 0.151 e. The van der Waals surface area contributed by atoms with Crippen LogP contribution in [0.2, 0.25) is 0 Å². The number of rotatable bonds is 5. The van der Waals surface area contributed by atoms with Gasteiger partial charge in [0.1, 0.15) is 0 Å². The molecular formula is C14H20N4S3. The van der Waals surface area contributed by atoms with E-state index >= 15 is 0 Å². The molecule has 0 saturated carbocycles. The van der Waals surface area contributed by atoms with Gasteiger partial charge in [-0.2, -0.15) is 0 Å². The van der Waals surface area contributed by atoms with Gasteiger partial charge in [0, 0.05) is 11.7 Å². The summed E-state index contributed by atoms with van der Waals surface area (Å²) in [6, 6.07) is 6.56. The summed E-state index contributed by atoms with van der Waals surface area (Å²) in [6.07, 6.45) is 2.49. The molecule has 1 aliphatic rings. The number of hydrogen-bond acceptors (Lipinski definition) is 7. The van der Waals surface area contributed by atoms with Crippen LogP contribution in [0.4, 0.5) is 5.69 Å². The Balaban J connectivity index is 1.44. The van der Waals surface area contributed by atoms with Crippen LogP contribution < -0.4 is 10.5 Å². The smallest absolute Gasteiger partial charge is 0.151 e. The number of likely N-dealkylation sites (tertiary alicyclic amines) is 1. The standard InChI is InChI=1S/C14H20N4S3/c1-18-6-4-11(5-7-18)17-20-9-19-14-16-12-3-2-10(15)8-13(12)21-14/h2-3,8,11,17H,4-7,9,15H2,1H3. The first-order chi connectivity index (χ1) is 10.2. The molecule has 0 aliphatic carbocycles. The highest BCUT2D eigenvalue weighted by Gasteiger charge is 2.16. The summed E-state index contributed by atoms with van der Waals surface area (Å²) in [7, 11) is 2.19. The summed E-state index contributed by atoms with van der Waals surface area (Å²) in [5.41, 5.74) is 7.65. The van der Waals surface area contributed by atoms with Crippen molar-refractivity contribution in [2.24, 2.45) is 0 Å². The van der Waals surface area contributed by atoms with Crippen LogP contribution in [0, 0.1) is 0 Å². The van der Waals surface area contributed by atoms with Crippen LogP contribution in [-0.4, -0.2) is 41.1 Å². The molecule has 3 N–H and O–H groups in total. The van der Waals surface area contributed by atoms with Crippen LogP contribution in [0.5, 0.6) is 0 Å². The molecule has 2 heterocycles. The zero-order chi connectivity index (χ0) is 14.7. The van der Waals surface area contributed by atoms with Crippen LogP contribution in [0.25, 0.3) is 10.2 Å². The highest BCUT2D eigenvalue weighted by Crippen LogP contribution is 2.32. The summed E-state index contributed by atoms with van der Waals surface area (Å²) >= 11 is 5.32. The third-order valence-corrected chi connectivity index (χ3v) is 6.80. The number of aromatic nitrogens is 1. The normalized spacial score (nSPS) is 17.6. The Morgan fingerprint density at radius 3 is 3.05 bits per heavy atom. The molecule has 0 unspecified atom stereocenters. The number of nitrogen functional groups attached to an aromatic ring is 1. The van der Waals surface area contributed by atoms with Gasteiger partial charge in [0.25, 0.3) is 0 Å². The average molecular weight is 341 g/mol. The second-order valence-electron chi connectivity index (χ2n) is 5.31. The minimum Gasteiger partial charge on any atom is -0.399 e. The van der Waals surface area contributed by atoms with Crippen molar-refractivity contribution in [3.8, 4) is 0 Å². The molecule has 1 aliphatic heterocycles. The van der Waals surface area contributed by atoms with Gasteiger partial charge in [-0.15, -0.1) is 11.3 Å². The lowest BCUT2D eigenvalue weighted by Gasteiger charge is -2.29. The molecule has 7 heteroatoms. The van der Waals surface area contributed by atoms with Gasteiger partial charge in [0.05, 0.1) is 15.3 Å². The highest BCUT2D eigenvalue weighted by atomic mass is 32.2. The molecular weight excluding hydrogens is 320 g/mol. The predicted molar refractivity (Wildman–Crippen MR) is 96.0 cm³/mol. The third kappa shape index (κ3) is 4.26. The lowest BCUT2D eigenvalue weighted by molar-refractivity contribution is 0.250. The Morgan fingerprint density at radius 2 is 2.24 bits per heavy atom. The van der Waals surface area contributed by atoms with Crippen molar-refractivity contribution in [2.75, 3.05) is 31.0 Å². The Kier molecular flexibility index (Phi) is 5.29. The van der Waals surface area contributed by atoms with Gasteiger partial charge in [0.15, 0.2) is 4.34 Å². The van der Waals surface area contributed by atoms with E-state index in [2.05, 4.69) is 21.7 Å². The lowest BCUT2D eigenvalue weighted by atomic mass is 10.1. The predicted octanol–water partition coefficient (Wildman–Crippen LogP) is 3.26. The zero-order valence-corrected chi connectivity index (χ0v) is 14.5. The molecule has 0 atom stereocenters. The Labute approximate surface area is 138 Å². The number of benzene rings is 1. The first-order valence-corrected chi connectivity index (χ1v) is 9.84. The largest absolute Gasteiger partial charge is 0.399 e. The van der Waals surface area contributed by atoms with Crippen molar-refractivity contribution in [1.29, 1.82) is 0 Å². The minimum absolute atomic E-state index is 0.655. The quantitative estimate of drug-likeness (QED) is 0.286. The summed E-state index contributed by atoms with van der Waals surface area (Å²) < 4.78 is 5.87. The number of piperidine rings is 1. The van der Waals surface area contributed by atoms with E-state index in [1.165, 1.54) is 30.6 Å².